The van der Waals surface area contributed by atoms with Crippen LogP contribution in [0.15, 0.2) is 95.9 Å². The highest BCUT2D eigenvalue weighted by Gasteiger charge is 2.36. The van der Waals surface area contributed by atoms with Crippen molar-refractivity contribution in [2.45, 2.75) is 57.1 Å². The van der Waals surface area contributed by atoms with Crippen LogP contribution in [0.4, 0.5) is 5.69 Å². The van der Waals surface area contributed by atoms with Gasteiger partial charge in [-0.1, -0.05) is 73.1 Å². The fourth-order valence-electron chi connectivity index (χ4n) is 5.44. The Morgan fingerprint density at radius 2 is 1.48 bits per heavy atom. The number of halogens is 1. The van der Waals surface area contributed by atoms with E-state index in [1.165, 1.54) is 56.6 Å². The number of nitrogens with one attached hydrogen (secondary N) is 1. The first kappa shape index (κ1) is 38.1. The molecule has 10 nitrogen and oxygen atoms in total. The summed E-state index contributed by atoms with van der Waals surface area (Å²) in [5, 5.41) is 3.28. The molecule has 4 aromatic carbocycles. The Morgan fingerprint density at radius 3 is 2.12 bits per heavy atom. The van der Waals surface area contributed by atoms with Gasteiger partial charge in [0.1, 0.15) is 18.3 Å². The maximum absolute atomic E-state index is 14.8. The Hall–Kier alpha value is -4.74. The van der Waals surface area contributed by atoms with Gasteiger partial charge in [-0.2, -0.15) is 0 Å². The highest BCUT2D eigenvalue weighted by Crippen LogP contribution is 2.37. The van der Waals surface area contributed by atoms with Crippen molar-refractivity contribution in [3.05, 3.63) is 113 Å². The number of rotatable bonds is 16. The third-order valence-electron chi connectivity index (χ3n) is 8.51. The van der Waals surface area contributed by atoms with Crippen LogP contribution in [-0.4, -0.2) is 65.1 Å². The number of benzene rings is 4. The molecule has 12 heteroatoms. The van der Waals surface area contributed by atoms with Gasteiger partial charge < -0.3 is 24.4 Å². The number of amides is 2. The molecule has 0 fully saturated rings. The SMILES string of the molecule is CCC(C)NC(=O)C(Cc1ccccc1)N(Cc1ccccc1C)C(=O)CN(c1cc(Cl)ccc1OC)S(=O)(=O)c1ccc(OC)c(OC)c1. The van der Waals surface area contributed by atoms with E-state index in [0.717, 1.165) is 21.0 Å². The number of ether oxygens (including phenoxy) is 3. The molecule has 0 bridgehead atoms. The Labute approximate surface area is 300 Å². The first-order valence-electron chi connectivity index (χ1n) is 16.2. The molecule has 0 saturated carbocycles. The molecule has 0 heterocycles. The maximum Gasteiger partial charge on any atom is 0.265 e. The van der Waals surface area contributed by atoms with Crippen LogP contribution in [0.5, 0.6) is 17.2 Å². The monoisotopic (exact) mass is 721 g/mol. The number of methoxy groups -OCH3 is 3. The van der Waals surface area contributed by atoms with Crippen molar-refractivity contribution >= 4 is 39.1 Å². The van der Waals surface area contributed by atoms with Gasteiger partial charge in [-0.15, -0.1) is 0 Å². The Kier molecular flexibility index (Phi) is 13.1. The normalized spacial score (nSPS) is 12.4. The van der Waals surface area contributed by atoms with Crippen molar-refractivity contribution in [2.75, 3.05) is 32.2 Å². The van der Waals surface area contributed by atoms with E-state index in [1.807, 2.05) is 75.4 Å². The van der Waals surface area contributed by atoms with E-state index in [-0.39, 0.29) is 52.0 Å². The standard InChI is InChI=1S/C38H44ClN3O7S/c1-7-27(3)40-38(44)33(21-28-14-9-8-10-15-28)41(24-29-16-12-11-13-26(29)2)37(43)25-42(32-22-30(39)17-19-34(32)47-4)50(45,46)31-18-20-35(48-5)36(23-31)49-6/h8-20,22-23,27,33H,7,21,24-25H2,1-6H3,(H,40,44). The minimum atomic E-state index is -4.49. The van der Waals surface area contributed by atoms with Gasteiger partial charge in [0.15, 0.2) is 11.5 Å². The molecule has 2 amide bonds. The number of carbonyl (C=O) groups excluding carboxylic acids is 2. The summed E-state index contributed by atoms with van der Waals surface area (Å²) in [5.41, 5.74) is 2.61. The average Bonchev–Trinajstić information content (AvgIpc) is 3.12. The van der Waals surface area contributed by atoms with Gasteiger partial charge in [0, 0.05) is 30.1 Å². The summed E-state index contributed by atoms with van der Waals surface area (Å²) >= 11 is 6.41. The molecule has 0 radical (unpaired) electrons. The van der Waals surface area contributed by atoms with Gasteiger partial charge in [-0.25, -0.2) is 8.42 Å². The Bertz CT molecular complexity index is 1890. The molecule has 2 unspecified atom stereocenters. The second kappa shape index (κ2) is 17.3. The zero-order chi connectivity index (χ0) is 36.4. The van der Waals surface area contributed by atoms with Gasteiger partial charge in [-0.05, 0) is 67.3 Å². The quantitative estimate of drug-likeness (QED) is 0.142. The fourth-order valence-corrected chi connectivity index (χ4v) is 7.04. The Morgan fingerprint density at radius 1 is 0.840 bits per heavy atom. The number of hydrogen-bond acceptors (Lipinski definition) is 7. The van der Waals surface area contributed by atoms with Crippen LogP contribution in [0.1, 0.15) is 37.0 Å². The molecule has 0 spiro atoms. The van der Waals surface area contributed by atoms with Crippen molar-refractivity contribution in [3.63, 3.8) is 0 Å². The van der Waals surface area contributed by atoms with E-state index in [9.17, 15) is 18.0 Å². The van der Waals surface area contributed by atoms with Gasteiger partial charge >= 0.3 is 0 Å². The largest absolute Gasteiger partial charge is 0.495 e. The molecule has 0 aliphatic heterocycles. The predicted molar refractivity (Wildman–Crippen MR) is 196 cm³/mol. The summed E-state index contributed by atoms with van der Waals surface area (Å²) < 4.78 is 46.5. The highest BCUT2D eigenvalue weighted by molar-refractivity contribution is 7.92. The van der Waals surface area contributed by atoms with E-state index >= 15 is 0 Å². The Balaban J connectivity index is 1.89. The number of carbonyl (C=O) groups is 2. The number of nitrogens with zero attached hydrogens (tertiary/aromatic N) is 2. The number of sulfonamides is 1. The topological polar surface area (TPSA) is 114 Å². The lowest BCUT2D eigenvalue weighted by Gasteiger charge is -2.35. The number of anilines is 1. The molecule has 2 atom stereocenters. The summed E-state index contributed by atoms with van der Waals surface area (Å²) in [6.45, 7) is 5.15. The van der Waals surface area contributed by atoms with Gasteiger partial charge in [0.05, 0.1) is 31.9 Å². The van der Waals surface area contributed by atoms with Crippen LogP contribution in [0.25, 0.3) is 0 Å². The summed E-state index contributed by atoms with van der Waals surface area (Å²) in [4.78, 5) is 30.2. The predicted octanol–water partition coefficient (Wildman–Crippen LogP) is 6.42. The molecule has 0 saturated heterocycles. The molecule has 50 heavy (non-hydrogen) atoms. The third-order valence-corrected chi connectivity index (χ3v) is 10.5. The zero-order valence-corrected chi connectivity index (χ0v) is 30.8. The van der Waals surface area contributed by atoms with Crippen LogP contribution in [0.3, 0.4) is 0 Å². The van der Waals surface area contributed by atoms with E-state index in [4.69, 9.17) is 25.8 Å². The average molecular weight is 722 g/mol. The molecule has 266 valence electrons. The van der Waals surface area contributed by atoms with Crippen molar-refractivity contribution in [3.8, 4) is 17.2 Å². The van der Waals surface area contributed by atoms with E-state index in [1.54, 1.807) is 6.07 Å². The number of aryl methyl sites for hydroxylation is 1. The van der Waals surface area contributed by atoms with Gasteiger partial charge in [0.25, 0.3) is 10.0 Å². The first-order valence-corrected chi connectivity index (χ1v) is 18.0. The lowest BCUT2D eigenvalue weighted by Crippen LogP contribution is -2.54. The summed E-state index contributed by atoms with van der Waals surface area (Å²) in [5.74, 6) is -0.273. The lowest BCUT2D eigenvalue weighted by molar-refractivity contribution is -0.140. The second-order valence-electron chi connectivity index (χ2n) is 11.8. The van der Waals surface area contributed by atoms with Crippen LogP contribution in [0.2, 0.25) is 5.02 Å². The maximum atomic E-state index is 14.8. The highest BCUT2D eigenvalue weighted by atomic mass is 35.5. The second-order valence-corrected chi connectivity index (χ2v) is 14.1. The minimum Gasteiger partial charge on any atom is -0.495 e. The minimum absolute atomic E-state index is 0.0441. The van der Waals surface area contributed by atoms with Crippen LogP contribution in [-0.2, 0) is 32.6 Å². The molecule has 0 aromatic heterocycles. The van der Waals surface area contributed by atoms with Gasteiger partial charge in [-0.3, -0.25) is 13.9 Å². The molecule has 4 rings (SSSR count). The van der Waals surface area contributed by atoms with E-state index in [2.05, 4.69) is 5.32 Å². The lowest BCUT2D eigenvalue weighted by atomic mass is 10.0. The van der Waals surface area contributed by atoms with E-state index < -0.39 is 28.5 Å². The molecule has 1 N–H and O–H groups in total. The number of hydrogen-bond donors (Lipinski definition) is 1. The van der Waals surface area contributed by atoms with Gasteiger partial charge in [0.2, 0.25) is 11.8 Å². The zero-order valence-electron chi connectivity index (χ0n) is 29.2. The summed E-state index contributed by atoms with van der Waals surface area (Å²) in [7, 11) is -0.245. The summed E-state index contributed by atoms with van der Waals surface area (Å²) in [6, 6.07) is 24.5. The molecular weight excluding hydrogens is 678 g/mol. The third kappa shape index (κ3) is 9.08. The molecular formula is C38H44ClN3O7S. The van der Waals surface area contributed by atoms with Crippen molar-refractivity contribution in [2.24, 2.45) is 0 Å². The fraction of sp³-hybridized carbons (Fsp3) is 0.316. The molecule has 0 aliphatic rings. The summed E-state index contributed by atoms with van der Waals surface area (Å²) in [6.07, 6.45) is 0.880. The van der Waals surface area contributed by atoms with Crippen molar-refractivity contribution in [1.29, 1.82) is 0 Å². The molecule has 0 aliphatic carbocycles. The van der Waals surface area contributed by atoms with Crippen molar-refractivity contribution in [1.82, 2.24) is 10.2 Å². The van der Waals surface area contributed by atoms with Crippen LogP contribution >= 0.6 is 11.6 Å². The smallest absolute Gasteiger partial charge is 0.265 e. The van der Waals surface area contributed by atoms with Crippen LogP contribution in [0, 0.1) is 6.92 Å². The molecule has 4 aromatic rings. The first-order chi connectivity index (χ1) is 23.9. The van der Waals surface area contributed by atoms with Crippen molar-refractivity contribution < 1.29 is 32.2 Å². The van der Waals surface area contributed by atoms with E-state index in [0.29, 0.717) is 12.2 Å². The van der Waals surface area contributed by atoms with Crippen LogP contribution < -0.4 is 23.8 Å².